The minimum atomic E-state index is -0.932. The molecule has 2 aliphatic rings. The summed E-state index contributed by atoms with van der Waals surface area (Å²) < 4.78 is 0. The van der Waals surface area contributed by atoms with Crippen LogP contribution in [0.15, 0.2) is 72.8 Å². The summed E-state index contributed by atoms with van der Waals surface area (Å²) in [5.41, 5.74) is 5.80. The first-order chi connectivity index (χ1) is 16.0. The van der Waals surface area contributed by atoms with E-state index in [0.717, 1.165) is 37.0 Å². The minimum absolute atomic E-state index is 0.259. The van der Waals surface area contributed by atoms with Crippen LogP contribution in [0.25, 0.3) is 10.9 Å². The number of phenolic OH excluding ortho intramolecular Hbond substituents is 1. The highest BCUT2D eigenvalue weighted by Crippen LogP contribution is 2.52. The van der Waals surface area contributed by atoms with Gasteiger partial charge >= 0.3 is 0 Å². The van der Waals surface area contributed by atoms with Crippen LogP contribution >= 0.6 is 0 Å². The number of aromatic amines is 1. The number of rotatable bonds is 3. The van der Waals surface area contributed by atoms with E-state index in [9.17, 15) is 10.2 Å². The number of H-pyrrole nitrogens is 1. The molecule has 0 saturated carbocycles. The van der Waals surface area contributed by atoms with E-state index in [0.29, 0.717) is 13.0 Å². The van der Waals surface area contributed by atoms with Crippen LogP contribution in [0, 0.1) is 6.92 Å². The molecule has 4 nitrogen and oxygen atoms in total. The molecule has 1 aromatic heterocycles. The Morgan fingerprint density at radius 3 is 2.61 bits per heavy atom. The van der Waals surface area contributed by atoms with E-state index in [1.165, 1.54) is 27.8 Å². The number of nitrogens with one attached hydrogen (secondary N) is 1. The highest BCUT2D eigenvalue weighted by atomic mass is 16.3. The lowest BCUT2D eigenvalue weighted by Crippen LogP contribution is -2.66. The maximum absolute atomic E-state index is 12.5. The average Bonchev–Trinajstić information content (AvgIpc) is 3.15. The summed E-state index contributed by atoms with van der Waals surface area (Å²) in [4.78, 5) is 6.07. The number of hydrogen-bond acceptors (Lipinski definition) is 3. The fraction of sp³-hybridized carbons (Fsp3) is 0.310. The van der Waals surface area contributed by atoms with Gasteiger partial charge in [-0.05, 0) is 60.3 Å². The van der Waals surface area contributed by atoms with Crippen molar-refractivity contribution in [3.8, 4) is 5.75 Å². The zero-order valence-electron chi connectivity index (χ0n) is 19.0. The molecule has 6 rings (SSSR count). The molecule has 2 atom stereocenters. The van der Waals surface area contributed by atoms with E-state index in [1.54, 1.807) is 6.07 Å². The third-order valence-corrected chi connectivity index (χ3v) is 8.05. The van der Waals surface area contributed by atoms with Gasteiger partial charge in [-0.3, -0.25) is 4.90 Å². The molecular weight excluding hydrogens is 408 g/mol. The summed E-state index contributed by atoms with van der Waals surface area (Å²) in [6, 6.07) is 24.4. The lowest BCUT2D eigenvalue weighted by atomic mass is 9.56. The topological polar surface area (TPSA) is 59.5 Å². The second-order valence-corrected chi connectivity index (χ2v) is 10.0. The van der Waals surface area contributed by atoms with E-state index < -0.39 is 11.0 Å². The monoisotopic (exact) mass is 438 g/mol. The van der Waals surface area contributed by atoms with Crippen molar-refractivity contribution in [1.29, 1.82) is 0 Å². The van der Waals surface area contributed by atoms with Gasteiger partial charge in [0.1, 0.15) is 5.75 Å². The highest BCUT2D eigenvalue weighted by molar-refractivity contribution is 5.88. The number of aliphatic hydroxyl groups is 1. The van der Waals surface area contributed by atoms with Crippen LogP contribution in [0.1, 0.15) is 34.4 Å². The van der Waals surface area contributed by atoms with Crippen molar-refractivity contribution in [3.63, 3.8) is 0 Å². The summed E-state index contributed by atoms with van der Waals surface area (Å²) in [7, 11) is 0. The Bertz CT molecular complexity index is 1330. The molecule has 168 valence electrons. The summed E-state index contributed by atoms with van der Waals surface area (Å²) >= 11 is 0. The van der Waals surface area contributed by atoms with Gasteiger partial charge in [-0.15, -0.1) is 0 Å². The molecule has 1 aliphatic heterocycles. The van der Waals surface area contributed by atoms with Crippen molar-refractivity contribution in [1.82, 2.24) is 9.88 Å². The number of aromatic nitrogens is 1. The van der Waals surface area contributed by atoms with Gasteiger partial charge in [0, 0.05) is 47.9 Å². The molecule has 1 saturated heterocycles. The predicted octanol–water partition coefficient (Wildman–Crippen LogP) is 4.86. The average molecular weight is 439 g/mol. The maximum atomic E-state index is 12.5. The zero-order chi connectivity index (χ0) is 22.6. The second-order valence-electron chi connectivity index (χ2n) is 10.0. The minimum Gasteiger partial charge on any atom is -0.508 e. The molecule has 0 spiro atoms. The number of aromatic hydroxyl groups is 1. The molecule has 1 fully saturated rings. The van der Waals surface area contributed by atoms with Gasteiger partial charge < -0.3 is 15.2 Å². The number of hydrogen-bond donors (Lipinski definition) is 3. The van der Waals surface area contributed by atoms with Crippen molar-refractivity contribution in [2.24, 2.45) is 0 Å². The van der Waals surface area contributed by atoms with Crippen LogP contribution in [-0.4, -0.2) is 38.8 Å². The van der Waals surface area contributed by atoms with Gasteiger partial charge in [0.15, 0.2) is 0 Å². The summed E-state index contributed by atoms with van der Waals surface area (Å²) in [5, 5.41) is 24.1. The van der Waals surface area contributed by atoms with Crippen LogP contribution in [0.2, 0.25) is 0 Å². The Labute approximate surface area is 194 Å². The van der Waals surface area contributed by atoms with Gasteiger partial charge in [-0.1, -0.05) is 54.6 Å². The van der Waals surface area contributed by atoms with Gasteiger partial charge in [-0.2, -0.15) is 0 Å². The number of β-amino-alcohol motifs (C(OH)–C–C–N with tert-alkyl or cyclic N) is 1. The number of benzene rings is 3. The van der Waals surface area contributed by atoms with E-state index in [-0.39, 0.29) is 5.75 Å². The van der Waals surface area contributed by atoms with Crippen LogP contribution < -0.4 is 0 Å². The Kier molecular flexibility index (Phi) is 4.65. The van der Waals surface area contributed by atoms with Crippen molar-refractivity contribution in [2.45, 2.75) is 43.7 Å². The quantitative estimate of drug-likeness (QED) is 0.428. The summed E-state index contributed by atoms with van der Waals surface area (Å²) in [5.74, 6) is 0.259. The van der Waals surface area contributed by atoms with Crippen LogP contribution in [-0.2, 0) is 24.8 Å². The van der Waals surface area contributed by atoms with Gasteiger partial charge in [-0.25, -0.2) is 0 Å². The number of phenols is 1. The molecule has 1 aliphatic carbocycles. The Balaban J connectivity index is 1.47. The Morgan fingerprint density at radius 1 is 0.970 bits per heavy atom. The molecule has 4 heteroatoms. The van der Waals surface area contributed by atoms with Crippen molar-refractivity contribution >= 4 is 10.9 Å². The molecular formula is C29H30N2O2. The first-order valence-electron chi connectivity index (χ1n) is 11.8. The third kappa shape index (κ3) is 3.20. The predicted molar refractivity (Wildman–Crippen MR) is 132 cm³/mol. The van der Waals surface area contributed by atoms with Gasteiger partial charge in [0.05, 0.1) is 5.60 Å². The smallest absolute Gasteiger partial charge is 0.115 e. The molecule has 0 radical (unpaired) electrons. The zero-order valence-corrected chi connectivity index (χ0v) is 19.0. The summed E-state index contributed by atoms with van der Waals surface area (Å²) in [6.07, 6.45) is 2.19. The number of nitrogens with zero attached hydrogens (tertiary/aromatic N) is 1. The first kappa shape index (κ1) is 20.5. The fourth-order valence-corrected chi connectivity index (χ4v) is 6.46. The second kappa shape index (κ2) is 7.47. The Morgan fingerprint density at radius 2 is 1.79 bits per heavy atom. The van der Waals surface area contributed by atoms with E-state index in [4.69, 9.17) is 0 Å². The van der Waals surface area contributed by atoms with E-state index >= 15 is 0 Å². The number of aryl methyl sites for hydroxylation is 1. The molecule has 33 heavy (non-hydrogen) atoms. The third-order valence-electron chi connectivity index (χ3n) is 8.05. The van der Waals surface area contributed by atoms with Gasteiger partial charge in [0.25, 0.3) is 0 Å². The normalized spacial score (nSPS) is 25.0. The van der Waals surface area contributed by atoms with E-state index in [2.05, 4.69) is 65.3 Å². The largest absolute Gasteiger partial charge is 0.508 e. The number of piperidine rings is 1. The van der Waals surface area contributed by atoms with Crippen LogP contribution in [0.4, 0.5) is 0 Å². The summed E-state index contributed by atoms with van der Waals surface area (Å²) in [6.45, 7) is 4.50. The van der Waals surface area contributed by atoms with Crippen molar-refractivity contribution < 1.29 is 10.2 Å². The maximum Gasteiger partial charge on any atom is 0.115 e. The van der Waals surface area contributed by atoms with Gasteiger partial charge in [0.2, 0.25) is 0 Å². The van der Waals surface area contributed by atoms with E-state index in [1.807, 2.05) is 18.2 Å². The molecule has 4 aromatic rings. The molecule has 0 amide bonds. The molecule has 3 N–H and O–H groups in total. The van der Waals surface area contributed by atoms with Crippen LogP contribution in [0.3, 0.4) is 0 Å². The van der Waals surface area contributed by atoms with Crippen molar-refractivity contribution in [2.75, 3.05) is 13.1 Å². The standard InChI is InChI=1S/C29H30N2O2/c1-20-7-5-12-25-27(20)24-16-29(33)19-31(18-21-8-3-2-4-9-21)14-13-28(29,17-26(24)30-25)22-10-6-11-23(32)15-22/h2-12,15,30,32-33H,13-14,16-19H2,1H3/t28-,29-/m0/s1. The SMILES string of the molecule is Cc1cccc2[nH]c3c(c12)C[C@]1(O)CN(Cc2ccccc2)CC[C@@]1(c1cccc(O)c1)C3. The lowest BCUT2D eigenvalue weighted by molar-refractivity contribution is -0.105. The lowest BCUT2D eigenvalue weighted by Gasteiger charge is -2.56. The highest BCUT2D eigenvalue weighted by Gasteiger charge is 2.57. The van der Waals surface area contributed by atoms with Crippen molar-refractivity contribution in [3.05, 3.63) is 101 Å². The molecule has 3 aromatic carbocycles. The van der Waals surface area contributed by atoms with Crippen LogP contribution in [0.5, 0.6) is 5.75 Å². The molecule has 2 heterocycles. The number of fused-ring (bicyclic) bond motifs is 4. The first-order valence-corrected chi connectivity index (χ1v) is 11.8. The molecule has 0 bridgehead atoms. The molecule has 0 unspecified atom stereocenters. The number of likely N-dealkylation sites (tertiary alicyclic amines) is 1. The Hall–Kier alpha value is -3.08. The fourth-order valence-electron chi connectivity index (χ4n) is 6.46.